The highest BCUT2D eigenvalue weighted by molar-refractivity contribution is 6.01. The summed E-state index contributed by atoms with van der Waals surface area (Å²) in [5, 5.41) is 19.7. The van der Waals surface area contributed by atoms with Crippen molar-refractivity contribution in [1.82, 2.24) is 4.98 Å². The molecule has 0 amide bonds. The Morgan fingerprint density at radius 1 is 1.43 bits per heavy atom. The number of aromatic carboxylic acids is 1. The van der Waals surface area contributed by atoms with Crippen molar-refractivity contribution in [3.05, 3.63) is 35.4 Å². The number of nitrogens with zero attached hydrogens (tertiary/aromatic N) is 2. The lowest BCUT2D eigenvalue weighted by molar-refractivity contribution is 0.0562. The number of hydrogen-bond donors (Lipinski definition) is 2. The Hall–Kier alpha value is -2.21. The number of alkyl halides is 1. The van der Waals surface area contributed by atoms with Crippen LogP contribution in [0, 0.1) is 6.92 Å². The largest absolute Gasteiger partial charge is 0.478 e. The summed E-state index contributed by atoms with van der Waals surface area (Å²) < 4.78 is 14.5. The zero-order chi connectivity index (χ0) is 16.6. The Morgan fingerprint density at radius 2 is 2.17 bits per heavy atom. The number of hydrogen-bond acceptors (Lipinski definition) is 4. The Kier molecular flexibility index (Phi) is 3.93. The van der Waals surface area contributed by atoms with Crippen molar-refractivity contribution in [2.75, 3.05) is 24.6 Å². The maximum Gasteiger partial charge on any atom is 0.339 e. The molecule has 0 bridgehead atoms. The molecule has 6 heteroatoms. The topological polar surface area (TPSA) is 73.7 Å². The van der Waals surface area contributed by atoms with Crippen LogP contribution in [0.25, 0.3) is 10.9 Å². The van der Waals surface area contributed by atoms with Gasteiger partial charge in [0.1, 0.15) is 11.4 Å². The molecular formula is C17H19FN2O3. The zero-order valence-corrected chi connectivity index (χ0v) is 12.9. The molecule has 5 nitrogen and oxygen atoms in total. The quantitative estimate of drug-likeness (QED) is 0.910. The number of halogens is 1. The average molecular weight is 318 g/mol. The van der Waals surface area contributed by atoms with Gasteiger partial charge in [-0.2, -0.15) is 0 Å². The van der Waals surface area contributed by atoms with Gasteiger partial charge in [-0.1, -0.05) is 18.2 Å². The number of rotatable bonds is 3. The van der Waals surface area contributed by atoms with Crippen LogP contribution in [-0.2, 0) is 0 Å². The molecule has 1 aromatic carbocycles. The van der Waals surface area contributed by atoms with Crippen molar-refractivity contribution in [1.29, 1.82) is 0 Å². The molecule has 23 heavy (non-hydrogen) atoms. The fourth-order valence-corrected chi connectivity index (χ4v) is 3.24. The van der Waals surface area contributed by atoms with Crippen molar-refractivity contribution < 1.29 is 19.4 Å². The third-order valence-corrected chi connectivity index (χ3v) is 4.46. The molecule has 3 rings (SSSR count). The van der Waals surface area contributed by atoms with Gasteiger partial charge in [0.15, 0.2) is 5.67 Å². The summed E-state index contributed by atoms with van der Waals surface area (Å²) >= 11 is 0. The van der Waals surface area contributed by atoms with Crippen LogP contribution in [0.2, 0.25) is 0 Å². The second-order valence-corrected chi connectivity index (χ2v) is 6.09. The highest BCUT2D eigenvalue weighted by atomic mass is 19.1. The number of carboxylic acid groups (broad SMARTS) is 1. The Bertz CT molecular complexity index is 765. The van der Waals surface area contributed by atoms with Crippen LogP contribution >= 0.6 is 0 Å². The number of carboxylic acids is 1. The number of aliphatic hydroxyl groups excluding tert-OH is 1. The summed E-state index contributed by atoms with van der Waals surface area (Å²) in [4.78, 5) is 17.9. The number of para-hydroxylation sites is 1. The number of carbonyl (C=O) groups is 1. The molecule has 122 valence electrons. The van der Waals surface area contributed by atoms with E-state index in [9.17, 15) is 19.4 Å². The normalized spacial score (nSPS) is 21.6. The lowest BCUT2D eigenvalue weighted by Crippen LogP contribution is -2.48. The van der Waals surface area contributed by atoms with E-state index in [0.29, 0.717) is 24.0 Å². The predicted octanol–water partition coefficient (Wildman–Crippen LogP) is 2.54. The van der Waals surface area contributed by atoms with Gasteiger partial charge in [-0.3, -0.25) is 0 Å². The van der Waals surface area contributed by atoms with Crippen LogP contribution in [0.3, 0.4) is 0 Å². The van der Waals surface area contributed by atoms with E-state index in [-0.39, 0.29) is 24.3 Å². The van der Waals surface area contributed by atoms with Gasteiger partial charge >= 0.3 is 5.97 Å². The van der Waals surface area contributed by atoms with E-state index in [1.807, 2.05) is 24.3 Å². The Balaban J connectivity index is 2.16. The number of benzene rings is 1. The molecule has 2 N–H and O–H groups in total. The van der Waals surface area contributed by atoms with E-state index >= 15 is 0 Å². The maximum absolute atomic E-state index is 14.5. The lowest BCUT2D eigenvalue weighted by Gasteiger charge is -2.37. The van der Waals surface area contributed by atoms with Gasteiger partial charge < -0.3 is 15.1 Å². The minimum Gasteiger partial charge on any atom is -0.478 e. The van der Waals surface area contributed by atoms with Crippen LogP contribution < -0.4 is 4.90 Å². The molecule has 2 aromatic rings. The summed E-state index contributed by atoms with van der Waals surface area (Å²) in [6.45, 7) is 1.65. The monoisotopic (exact) mass is 318 g/mol. The van der Waals surface area contributed by atoms with Gasteiger partial charge in [0.05, 0.1) is 18.7 Å². The van der Waals surface area contributed by atoms with Gasteiger partial charge in [-0.25, -0.2) is 14.2 Å². The summed E-state index contributed by atoms with van der Waals surface area (Å²) in [5.41, 5.74) is -0.304. The highest BCUT2D eigenvalue weighted by Crippen LogP contribution is 2.33. The van der Waals surface area contributed by atoms with Crippen LogP contribution in [0.5, 0.6) is 0 Å². The number of piperidine rings is 1. The highest BCUT2D eigenvalue weighted by Gasteiger charge is 2.37. The van der Waals surface area contributed by atoms with Gasteiger partial charge in [-0.15, -0.1) is 0 Å². The van der Waals surface area contributed by atoms with Crippen molar-refractivity contribution in [3.8, 4) is 0 Å². The fourth-order valence-electron chi connectivity index (χ4n) is 3.24. The van der Waals surface area contributed by atoms with Crippen LogP contribution in [0.4, 0.5) is 10.2 Å². The number of aryl methyl sites for hydroxylation is 1. The number of aliphatic hydroxyl groups is 1. The molecule has 1 unspecified atom stereocenters. The van der Waals surface area contributed by atoms with Crippen LogP contribution in [0.15, 0.2) is 24.3 Å². The van der Waals surface area contributed by atoms with Crippen molar-refractivity contribution in [2.45, 2.75) is 25.4 Å². The third kappa shape index (κ3) is 2.74. The number of fused-ring (bicyclic) bond motifs is 1. The van der Waals surface area contributed by atoms with Crippen LogP contribution in [-0.4, -0.2) is 46.5 Å². The van der Waals surface area contributed by atoms with Gasteiger partial charge in [0, 0.05) is 11.9 Å². The second-order valence-electron chi connectivity index (χ2n) is 6.09. The van der Waals surface area contributed by atoms with Gasteiger partial charge in [0.2, 0.25) is 0 Å². The van der Waals surface area contributed by atoms with E-state index in [1.54, 1.807) is 11.8 Å². The first-order chi connectivity index (χ1) is 10.9. The first-order valence-electron chi connectivity index (χ1n) is 7.62. The van der Waals surface area contributed by atoms with Crippen molar-refractivity contribution in [3.63, 3.8) is 0 Å². The minimum absolute atomic E-state index is 0.0471. The Morgan fingerprint density at radius 3 is 2.87 bits per heavy atom. The number of anilines is 1. The first kappa shape index (κ1) is 15.7. The van der Waals surface area contributed by atoms with Gasteiger partial charge in [-0.05, 0) is 31.4 Å². The molecule has 0 radical (unpaired) electrons. The summed E-state index contributed by atoms with van der Waals surface area (Å²) in [6.07, 6.45) is 0.818. The lowest BCUT2D eigenvalue weighted by atomic mass is 9.94. The molecule has 1 aliphatic heterocycles. The molecule has 1 aliphatic rings. The number of pyridine rings is 1. The predicted molar refractivity (Wildman–Crippen MR) is 85.8 cm³/mol. The number of aromatic nitrogens is 1. The molecule has 1 fully saturated rings. The molecule has 1 saturated heterocycles. The van der Waals surface area contributed by atoms with E-state index in [1.165, 1.54) is 0 Å². The first-order valence-corrected chi connectivity index (χ1v) is 7.62. The van der Waals surface area contributed by atoms with E-state index in [4.69, 9.17) is 0 Å². The van der Waals surface area contributed by atoms with Crippen LogP contribution in [0.1, 0.15) is 28.8 Å². The maximum atomic E-state index is 14.5. The summed E-state index contributed by atoms with van der Waals surface area (Å²) in [7, 11) is 0. The summed E-state index contributed by atoms with van der Waals surface area (Å²) in [6, 6.07) is 7.32. The Labute approximate surface area is 133 Å². The average Bonchev–Trinajstić information content (AvgIpc) is 2.54. The molecule has 1 atom stereocenters. The van der Waals surface area contributed by atoms with E-state index < -0.39 is 18.2 Å². The standard InChI is InChI=1S/C17H19FN2O3/c1-11-12-5-2-3-6-13(12)19-15(14(11)16(22)23)20-8-4-7-17(18,9-20)10-21/h2-3,5-6,21H,4,7-10H2,1H3,(H,22,23). The van der Waals surface area contributed by atoms with E-state index in [0.717, 1.165) is 5.39 Å². The van der Waals surface area contributed by atoms with Crippen molar-refractivity contribution in [2.24, 2.45) is 0 Å². The zero-order valence-electron chi connectivity index (χ0n) is 12.9. The third-order valence-electron chi connectivity index (χ3n) is 4.46. The molecule has 0 aliphatic carbocycles. The summed E-state index contributed by atoms with van der Waals surface area (Å²) in [5.74, 6) is -0.793. The SMILES string of the molecule is Cc1c(C(=O)O)c(N2CCCC(F)(CO)C2)nc2ccccc12. The smallest absolute Gasteiger partial charge is 0.339 e. The molecule has 1 aromatic heterocycles. The molecular weight excluding hydrogens is 299 g/mol. The van der Waals surface area contributed by atoms with E-state index in [2.05, 4.69) is 4.98 Å². The van der Waals surface area contributed by atoms with Crippen molar-refractivity contribution >= 4 is 22.7 Å². The molecule has 0 spiro atoms. The second kappa shape index (κ2) is 5.77. The minimum atomic E-state index is -1.71. The molecule has 0 saturated carbocycles. The fraction of sp³-hybridized carbons (Fsp3) is 0.412. The van der Waals surface area contributed by atoms with Gasteiger partial charge in [0.25, 0.3) is 0 Å². The molecule has 2 heterocycles.